The van der Waals surface area contributed by atoms with E-state index in [4.69, 9.17) is 14.8 Å². The van der Waals surface area contributed by atoms with E-state index in [1.165, 1.54) is 20.2 Å². The molecule has 31 heavy (non-hydrogen) atoms. The molecule has 0 aromatic carbocycles. The minimum absolute atomic E-state index is 0.0828. The van der Waals surface area contributed by atoms with E-state index in [0.717, 1.165) is 4.57 Å². The van der Waals surface area contributed by atoms with Crippen LogP contribution in [0.25, 0.3) is 10.4 Å². The van der Waals surface area contributed by atoms with Gasteiger partial charge in [0.15, 0.2) is 0 Å². The van der Waals surface area contributed by atoms with Crippen molar-refractivity contribution in [2.45, 2.75) is 51.6 Å². The lowest BCUT2D eigenvalue weighted by Gasteiger charge is -2.24. The summed E-state index contributed by atoms with van der Waals surface area (Å²) in [7, 11) is -3.02. The van der Waals surface area contributed by atoms with E-state index in [0.29, 0.717) is 0 Å². The van der Waals surface area contributed by atoms with Crippen molar-refractivity contribution in [1.29, 1.82) is 0 Å². The van der Waals surface area contributed by atoms with Crippen molar-refractivity contribution < 1.29 is 23.5 Å². The highest BCUT2D eigenvalue weighted by Gasteiger charge is 2.39. The van der Waals surface area contributed by atoms with Crippen LogP contribution in [-0.2, 0) is 18.6 Å². The molecule has 0 saturated carbocycles. The number of H-pyrrole nitrogens is 1. The Morgan fingerprint density at radius 3 is 2.81 bits per heavy atom. The van der Waals surface area contributed by atoms with Crippen LogP contribution < -0.4 is 21.7 Å². The van der Waals surface area contributed by atoms with Gasteiger partial charge in [0, 0.05) is 30.1 Å². The van der Waals surface area contributed by atoms with E-state index in [-0.39, 0.29) is 17.9 Å². The number of aryl methyl sites for hydroxylation is 1. The summed E-state index contributed by atoms with van der Waals surface area (Å²) in [5.41, 5.74) is 7.86. The van der Waals surface area contributed by atoms with E-state index in [9.17, 15) is 23.8 Å². The van der Waals surface area contributed by atoms with E-state index >= 15 is 0 Å². The molecule has 0 radical (unpaired) electrons. The van der Waals surface area contributed by atoms with Crippen LogP contribution in [-0.4, -0.2) is 52.2 Å². The molecule has 2 heterocycles. The van der Waals surface area contributed by atoms with E-state index < -0.39 is 55.9 Å². The zero-order valence-electron chi connectivity index (χ0n) is 17.5. The maximum Gasteiger partial charge on any atom is 0.403 e. The van der Waals surface area contributed by atoms with E-state index in [2.05, 4.69) is 25.4 Å². The van der Waals surface area contributed by atoms with Crippen LogP contribution in [0.3, 0.4) is 0 Å². The van der Waals surface area contributed by atoms with Crippen molar-refractivity contribution >= 4 is 13.7 Å². The Morgan fingerprint density at radius 1 is 1.55 bits per heavy atom. The zero-order chi connectivity index (χ0) is 23.3. The number of carbonyl (C=O) groups is 1. The number of aromatic nitrogens is 2. The molecule has 1 aromatic heterocycles. The Kier molecular flexibility index (Phi) is 8.18. The standard InChI is InChI=1S/C16H26N7O7P/c1-8(2)13(15(25)18-4)21-31(27,28)29-7-11-10(20-22-17)5-12(30-11)23-6-9(3)14(24)19-16(23)26/h6,8,10-13H,5,7H2,1-4H3,(H,18,25)(H,19,24,26)(H2,21,27,28)/t10-,11-,12?,13+/m1/s1. The highest BCUT2D eigenvalue weighted by molar-refractivity contribution is 7.50. The fourth-order valence-electron chi connectivity index (χ4n) is 3.08. The summed E-state index contributed by atoms with van der Waals surface area (Å²) in [4.78, 5) is 50.6. The van der Waals surface area contributed by atoms with Crippen molar-refractivity contribution in [1.82, 2.24) is 20.0 Å². The fraction of sp³-hybridized carbons (Fsp3) is 0.688. The fourth-order valence-corrected chi connectivity index (χ4v) is 4.27. The summed E-state index contributed by atoms with van der Waals surface area (Å²) >= 11 is 0. The number of nitrogens with one attached hydrogen (secondary N) is 3. The first-order valence-electron chi connectivity index (χ1n) is 9.47. The molecular weight excluding hydrogens is 433 g/mol. The molecule has 14 nitrogen and oxygen atoms in total. The number of hydrogen-bond acceptors (Lipinski definition) is 7. The molecule has 1 aliphatic rings. The summed E-state index contributed by atoms with van der Waals surface area (Å²) in [5.74, 6) is -0.785. The molecule has 1 saturated heterocycles. The number of hydrogen-bond donors (Lipinski definition) is 4. The first-order chi connectivity index (χ1) is 14.5. The zero-order valence-corrected chi connectivity index (χ0v) is 18.4. The van der Waals surface area contributed by atoms with E-state index in [1.807, 2.05) is 0 Å². The van der Waals surface area contributed by atoms with Crippen LogP contribution in [0.4, 0.5) is 0 Å². The van der Waals surface area contributed by atoms with Crippen LogP contribution in [0.2, 0.25) is 0 Å². The summed E-state index contributed by atoms with van der Waals surface area (Å²) < 4.78 is 24.4. The molecule has 1 aliphatic heterocycles. The minimum atomic E-state index is -4.42. The number of amides is 1. The maximum atomic E-state index is 12.4. The number of ether oxygens (including phenoxy) is 1. The van der Waals surface area contributed by atoms with Gasteiger partial charge in [-0.25, -0.2) is 14.4 Å². The SMILES string of the molecule is CNC(=O)[C@@H](NP(=O)(O)OC[C@H]1OC(n2cc(C)c(=O)[nH]c2=O)C[C@H]1N=[N+]=[N-])C(C)C. The summed E-state index contributed by atoms with van der Waals surface area (Å²) in [6, 6.07) is -1.78. The van der Waals surface area contributed by atoms with Gasteiger partial charge in [-0.05, 0) is 18.4 Å². The third-order valence-corrected chi connectivity index (χ3v) is 5.88. The smallest absolute Gasteiger partial charge is 0.358 e. The van der Waals surface area contributed by atoms with Crippen LogP contribution in [0.15, 0.2) is 20.9 Å². The number of aromatic amines is 1. The van der Waals surface area contributed by atoms with Crippen molar-refractivity contribution in [2.24, 2.45) is 11.0 Å². The largest absolute Gasteiger partial charge is 0.403 e. The number of rotatable bonds is 9. The molecule has 1 aromatic rings. The molecule has 172 valence electrons. The summed E-state index contributed by atoms with van der Waals surface area (Å²) in [6.45, 7) is 4.45. The van der Waals surface area contributed by atoms with Gasteiger partial charge in [0.05, 0.1) is 24.8 Å². The average Bonchev–Trinajstić information content (AvgIpc) is 3.09. The normalized spacial score (nSPS) is 23.7. The highest BCUT2D eigenvalue weighted by Crippen LogP contribution is 2.40. The van der Waals surface area contributed by atoms with Crippen molar-refractivity contribution in [2.75, 3.05) is 13.7 Å². The van der Waals surface area contributed by atoms with Gasteiger partial charge < -0.3 is 14.9 Å². The minimum Gasteiger partial charge on any atom is -0.358 e. The van der Waals surface area contributed by atoms with Crippen molar-refractivity contribution in [3.8, 4) is 0 Å². The third kappa shape index (κ3) is 6.26. The van der Waals surface area contributed by atoms with Gasteiger partial charge in [0.25, 0.3) is 5.56 Å². The van der Waals surface area contributed by atoms with Gasteiger partial charge >= 0.3 is 13.4 Å². The predicted molar refractivity (Wildman–Crippen MR) is 109 cm³/mol. The maximum absolute atomic E-state index is 12.4. The predicted octanol–water partition coefficient (Wildman–Crippen LogP) is 0.289. The Bertz CT molecular complexity index is 1020. The summed E-state index contributed by atoms with van der Waals surface area (Å²) in [6.07, 6.45) is -0.427. The average molecular weight is 459 g/mol. The molecule has 0 spiro atoms. The third-order valence-electron chi connectivity index (χ3n) is 4.77. The van der Waals surface area contributed by atoms with Gasteiger partial charge in [-0.1, -0.05) is 19.0 Å². The second-order valence-electron chi connectivity index (χ2n) is 7.40. The quantitative estimate of drug-likeness (QED) is 0.175. The molecule has 2 rings (SSSR count). The molecular formula is C16H26N7O7P. The van der Waals surface area contributed by atoms with Crippen LogP contribution in [0.5, 0.6) is 0 Å². The Labute approximate surface area is 177 Å². The number of likely N-dealkylation sites (N-methyl/N-ethyl adjacent to an activating group) is 1. The van der Waals surface area contributed by atoms with Gasteiger partial charge in [0.1, 0.15) is 6.23 Å². The molecule has 2 unspecified atom stereocenters. The lowest BCUT2D eigenvalue weighted by Crippen LogP contribution is -2.45. The number of carbonyl (C=O) groups excluding carboxylic acids is 1. The van der Waals surface area contributed by atoms with Crippen LogP contribution in [0.1, 0.15) is 32.1 Å². The first kappa shape index (κ1) is 24.8. The number of azide groups is 1. The molecule has 0 aliphatic carbocycles. The highest BCUT2D eigenvalue weighted by atomic mass is 31.2. The van der Waals surface area contributed by atoms with Gasteiger partial charge in [0.2, 0.25) is 5.91 Å². The van der Waals surface area contributed by atoms with Gasteiger partial charge in [-0.15, -0.1) is 0 Å². The van der Waals surface area contributed by atoms with Crippen molar-refractivity contribution in [3.63, 3.8) is 0 Å². The molecule has 15 heteroatoms. The Hall–Kier alpha value is -2.47. The van der Waals surface area contributed by atoms with Crippen molar-refractivity contribution in [3.05, 3.63) is 43.0 Å². The number of nitrogens with zero attached hydrogens (tertiary/aromatic N) is 4. The topological polar surface area (TPSA) is 201 Å². The first-order valence-corrected chi connectivity index (χ1v) is 11.0. The molecule has 5 atom stereocenters. The van der Waals surface area contributed by atoms with Gasteiger partial charge in [-0.3, -0.25) is 23.7 Å². The van der Waals surface area contributed by atoms with Crippen LogP contribution in [0, 0.1) is 12.8 Å². The lowest BCUT2D eigenvalue weighted by atomic mass is 10.1. The van der Waals surface area contributed by atoms with Crippen LogP contribution >= 0.6 is 7.75 Å². The molecule has 1 amide bonds. The lowest BCUT2D eigenvalue weighted by molar-refractivity contribution is -0.123. The van der Waals surface area contributed by atoms with Gasteiger partial charge in [-0.2, -0.15) is 0 Å². The molecule has 1 fully saturated rings. The second kappa shape index (κ2) is 10.2. The monoisotopic (exact) mass is 459 g/mol. The molecule has 0 bridgehead atoms. The second-order valence-corrected chi connectivity index (χ2v) is 8.95. The van der Waals surface area contributed by atoms with E-state index in [1.54, 1.807) is 13.8 Å². The Balaban J connectivity index is 2.14. The molecule has 4 N–H and O–H groups in total. The summed E-state index contributed by atoms with van der Waals surface area (Å²) in [5, 5.41) is 8.32. The Morgan fingerprint density at radius 2 is 2.23 bits per heavy atom.